The van der Waals surface area contributed by atoms with Gasteiger partial charge in [0.15, 0.2) is 6.61 Å². The van der Waals surface area contributed by atoms with Crippen LogP contribution in [0.25, 0.3) is 0 Å². The Labute approximate surface area is 189 Å². The zero-order valence-corrected chi connectivity index (χ0v) is 19.6. The second-order valence-corrected chi connectivity index (χ2v) is 9.94. The number of sulfonamides is 1. The Bertz CT molecular complexity index is 1110. The molecular formula is C24H30N2O5S. The molecule has 0 spiro atoms. The van der Waals surface area contributed by atoms with Crippen molar-refractivity contribution in [1.82, 2.24) is 4.31 Å². The SMILES string of the molecule is CCc1cccc(C)c1NC(=O)COC(=O)c1ccc(C)c(S(=O)(=O)N2CCCCC2)c1. The first-order valence-electron chi connectivity index (χ1n) is 10.9. The number of ether oxygens (including phenoxy) is 1. The number of aryl methyl sites for hydroxylation is 3. The van der Waals surface area contributed by atoms with Crippen molar-refractivity contribution in [3.8, 4) is 0 Å². The summed E-state index contributed by atoms with van der Waals surface area (Å²) >= 11 is 0. The number of benzene rings is 2. The number of carbonyl (C=O) groups is 2. The predicted octanol–water partition coefficient (Wildman–Crippen LogP) is 3.84. The molecule has 0 bridgehead atoms. The molecule has 1 aliphatic heterocycles. The van der Waals surface area contributed by atoms with E-state index in [2.05, 4.69) is 5.32 Å². The van der Waals surface area contributed by atoms with Crippen LogP contribution in [-0.2, 0) is 26.0 Å². The number of esters is 1. The van der Waals surface area contributed by atoms with Crippen LogP contribution >= 0.6 is 0 Å². The van der Waals surface area contributed by atoms with Gasteiger partial charge in [0.25, 0.3) is 5.91 Å². The third-order valence-corrected chi connectivity index (χ3v) is 7.74. The number of rotatable bonds is 7. The van der Waals surface area contributed by atoms with Crippen molar-refractivity contribution in [3.05, 3.63) is 58.7 Å². The average Bonchev–Trinajstić information content (AvgIpc) is 2.79. The molecule has 1 aliphatic rings. The lowest BCUT2D eigenvalue weighted by atomic mass is 10.1. The van der Waals surface area contributed by atoms with Crippen molar-refractivity contribution < 1.29 is 22.7 Å². The monoisotopic (exact) mass is 458 g/mol. The van der Waals surface area contributed by atoms with E-state index in [0.717, 1.165) is 42.5 Å². The van der Waals surface area contributed by atoms with E-state index in [9.17, 15) is 18.0 Å². The van der Waals surface area contributed by atoms with Crippen LogP contribution in [0, 0.1) is 13.8 Å². The summed E-state index contributed by atoms with van der Waals surface area (Å²) in [6.07, 6.45) is 3.43. The molecule has 2 aromatic carbocycles. The number of carbonyl (C=O) groups excluding carboxylic acids is 2. The van der Waals surface area contributed by atoms with Gasteiger partial charge in [0.1, 0.15) is 0 Å². The van der Waals surface area contributed by atoms with Crippen molar-refractivity contribution in [2.24, 2.45) is 0 Å². The fourth-order valence-corrected chi connectivity index (χ4v) is 5.61. The number of nitrogens with one attached hydrogen (secondary N) is 1. The third-order valence-electron chi connectivity index (χ3n) is 5.70. The van der Waals surface area contributed by atoms with Crippen LogP contribution in [0.15, 0.2) is 41.3 Å². The lowest BCUT2D eigenvalue weighted by Crippen LogP contribution is -2.36. The molecule has 0 aromatic heterocycles. The Hall–Kier alpha value is -2.71. The van der Waals surface area contributed by atoms with Crippen LogP contribution in [-0.4, -0.2) is 44.3 Å². The summed E-state index contributed by atoms with van der Waals surface area (Å²) in [5.41, 5.74) is 3.31. The Morgan fingerprint density at radius 1 is 1.03 bits per heavy atom. The van der Waals surface area contributed by atoms with Crippen molar-refractivity contribution in [2.75, 3.05) is 25.0 Å². The van der Waals surface area contributed by atoms with Gasteiger partial charge in [-0.1, -0.05) is 37.6 Å². The van der Waals surface area contributed by atoms with E-state index < -0.39 is 28.5 Å². The van der Waals surface area contributed by atoms with E-state index in [-0.39, 0.29) is 10.5 Å². The lowest BCUT2D eigenvalue weighted by Gasteiger charge is -2.26. The van der Waals surface area contributed by atoms with Gasteiger partial charge in [0.05, 0.1) is 10.5 Å². The van der Waals surface area contributed by atoms with Crippen molar-refractivity contribution in [3.63, 3.8) is 0 Å². The van der Waals surface area contributed by atoms with Gasteiger partial charge in [-0.05, 0) is 61.9 Å². The standard InChI is InChI=1S/C24H30N2O5S/c1-4-19-10-8-9-18(3)23(19)25-22(27)16-31-24(28)20-12-11-17(2)21(15-20)32(29,30)26-13-6-5-7-14-26/h8-12,15H,4-7,13-14,16H2,1-3H3,(H,25,27). The average molecular weight is 459 g/mol. The first-order valence-corrected chi connectivity index (χ1v) is 12.3. The Morgan fingerprint density at radius 3 is 2.44 bits per heavy atom. The van der Waals surface area contributed by atoms with Gasteiger partial charge in [0.2, 0.25) is 10.0 Å². The first-order chi connectivity index (χ1) is 15.2. The molecular weight excluding hydrogens is 428 g/mol. The number of piperidine rings is 1. The molecule has 0 atom stereocenters. The molecule has 0 unspecified atom stereocenters. The highest BCUT2D eigenvalue weighted by atomic mass is 32.2. The first kappa shape index (κ1) is 23.9. The molecule has 0 radical (unpaired) electrons. The Morgan fingerprint density at radius 2 is 1.75 bits per heavy atom. The van der Waals surface area contributed by atoms with Crippen molar-refractivity contribution in [1.29, 1.82) is 0 Å². The maximum atomic E-state index is 13.1. The third kappa shape index (κ3) is 5.37. The van der Waals surface area contributed by atoms with E-state index in [1.807, 2.05) is 32.0 Å². The van der Waals surface area contributed by atoms with Crippen molar-refractivity contribution in [2.45, 2.75) is 51.3 Å². The van der Waals surface area contributed by atoms with Gasteiger partial charge < -0.3 is 10.1 Å². The fourth-order valence-electron chi connectivity index (χ4n) is 3.84. The fraction of sp³-hybridized carbons (Fsp3) is 0.417. The van der Waals surface area contributed by atoms with Crippen LogP contribution in [0.3, 0.4) is 0 Å². The molecule has 32 heavy (non-hydrogen) atoms. The van der Waals surface area contributed by atoms with Gasteiger partial charge >= 0.3 is 5.97 Å². The van der Waals surface area contributed by atoms with Crippen LogP contribution in [0.4, 0.5) is 5.69 Å². The number of para-hydroxylation sites is 1. The van der Waals surface area contributed by atoms with Crippen LogP contribution in [0.5, 0.6) is 0 Å². The summed E-state index contributed by atoms with van der Waals surface area (Å²) in [7, 11) is -3.69. The summed E-state index contributed by atoms with van der Waals surface area (Å²) in [6, 6.07) is 10.2. The number of hydrogen-bond acceptors (Lipinski definition) is 5. The Kier molecular flexibility index (Phi) is 7.69. The number of nitrogens with zero attached hydrogens (tertiary/aromatic N) is 1. The van der Waals surface area contributed by atoms with Crippen LogP contribution in [0.1, 0.15) is 53.2 Å². The van der Waals surface area contributed by atoms with Crippen molar-refractivity contribution >= 4 is 27.6 Å². The molecule has 8 heteroatoms. The van der Waals surface area contributed by atoms with E-state index in [1.54, 1.807) is 13.0 Å². The van der Waals surface area contributed by atoms with E-state index in [1.165, 1.54) is 16.4 Å². The number of anilines is 1. The second kappa shape index (κ2) is 10.3. The zero-order chi connectivity index (χ0) is 23.3. The molecule has 7 nitrogen and oxygen atoms in total. The zero-order valence-electron chi connectivity index (χ0n) is 18.8. The smallest absolute Gasteiger partial charge is 0.338 e. The lowest BCUT2D eigenvalue weighted by molar-refractivity contribution is -0.119. The molecule has 172 valence electrons. The summed E-state index contributed by atoms with van der Waals surface area (Å²) in [5, 5.41) is 2.81. The molecule has 0 saturated carbocycles. The van der Waals surface area contributed by atoms with E-state index in [0.29, 0.717) is 18.7 Å². The van der Waals surface area contributed by atoms with Gasteiger partial charge in [-0.2, -0.15) is 4.31 Å². The molecule has 1 amide bonds. The highest BCUT2D eigenvalue weighted by Crippen LogP contribution is 2.25. The topological polar surface area (TPSA) is 92.8 Å². The molecule has 1 N–H and O–H groups in total. The Balaban J connectivity index is 1.70. The van der Waals surface area contributed by atoms with Crippen LogP contribution < -0.4 is 5.32 Å². The van der Waals surface area contributed by atoms with E-state index >= 15 is 0 Å². The quantitative estimate of drug-likeness (QED) is 0.637. The molecule has 2 aromatic rings. The largest absolute Gasteiger partial charge is 0.452 e. The maximum absolute atomic E-state index is 13.1. The molecule has 1 saturated heterocycles. The molecule has 3 rings (SSSR count). The molecule has 1 heterocycles. The number of hydrogen-bond donors (Lipinski definition) is 1. The minimum Gasteiger partial charge on any atom is -0.452 e. The van der Waals surface area contributed by atoms with Crippen LogP contribution in [0.2, 0.25) is 0 Å². The summed E-state index contributed by atoms with van der Waals surface area (Å²) in [5.74, 6) is -1.19. The summed E-state index contributed by atoms with van der Waals surface area (Å²) in [4.78, 5) is 25.0. The number of amides is 1. The van der Waals surface area contributed by atoms with Gasteiger partial charge in [-0.25, -0.2) is 13.2 Å². The van der Waals surface area contributed by atoms with E-state index in [4.69, 9.17) is 4.74 Å². The van der Waals surface area contributed by atoms with Gasteiger partial charge in [-0.15, -0.1) is 0 Å². The minimum absolute atomic E-state index is 0.101. The molecule has 0 aliphatic carbocycles. The summed E-state index contributed by atoms with van der Waals surface area (Å²) in [6.45, 7) is 6.10. The summed E-state index contributed by atoms with van der Waals surface area (Å²) < 4.78 is 32.7. The highest BCUT2D eigenvalue weighted by Gasteiger charge is 2.28. The van der Waals surface area contributed by atoms with Gasteiger partial charge in [-0.3, -0.25) is 4.79 Å². The predicted molar refractivity (Wildman–Crippen MR) is 123 cm³/mol. The molecule has 1 fully saturated rings. The maximum Gasteiger partial charge on any atom is 0.338 e. The van der Waals surface area contributed by atoms with Gasteiger partial charge in [0, 0.05) is 18.8 Å². The normalized spacial score (nSPS) is 14.7. The minimum atomic E-state index is -3.69. The second-order valence-electron chi connectivity index (χ2n) is 8.03. The highest BCUT2D eigenvalue weighted by molar-refractivity contribution is 7.89.